The molecular weight excluding hydrogens is 274 g/mol. The van der Waals surface area contributed by atoms with Crippen LogP contribution in [0.2, 0.25) is 0 Å². The zero-order valence-electron chi connectivity index (χ0n) is 12.0. The summed E-state index contributed by atoms with van der Waals surface area (Å²) in [4.78, 5) is 22.4. The van der Waals surface area contributed by atoms with Gasteiger partial charge in [0, 0.05) is 18.7 Å². The van der Waals surface area contributed by atoms with Crippen LogP contribution in [0.4, 0.5) is 0 Å². The van der Waals surface area contributed by atoms with Crippen LogP contribution in [0.25, 0.3) is 0 Å². The number of rotatable bonds is 7. The topological polar surface area (TPSA) is 73.9 Å². The monoisotopic (exact) mass is 293 g/mol. The molecule has 0 spiro atoms. The molecule has 1 N–H and O–H groups in total. The van der Waals surface area contributed by atoms with Crippen molar-refractivity contribution >= 4 is 12.2 Å². The van der Waals surface area contributed by atoms with Crippen molar-refractivity contribution in [2.75, 3.05) is 26.9 Å². The Labute approximate surface area is 123 Å². The van der Waals surface area contributed by atoms with Gasteiger partial charge in [-0.05, 0) is 31.0 Å². The lowest BCUT2D eigenvalue weighted by Crippen LogP contribution is -2.35. The molecule has 6 heteroatoms. The highest BCUT2D eigenvalue weighted by Gasteiger charge is 2.16. The van der Waals surface area contributed by atoms with Crippen molar-refractivity contribution in [1.29, 1.82) is 0 Å². The molecule has 0 aromatic heterocycles. The minimum atomic E-state index is -0.216. The Hall–Kier alpha value is -2.08. The summed E-state index contributed by atoms with van der Waals surface area (Å²) < 4.78 is 16.0. The van der Waals surface area contributed by atoms with E-state index >= 15 is 0 Å². The first-order chi connectivity index (χ1) is 10.2. The second-order valence-electron chi connectivity index (χ2n) is 4.76. The first-order valence-electron chi connectivity index (χ1n) is 6.87. The predicted octanol–water partition coefficient (Wildman–Crippen LogP) is 1.18. The predicted molar refractivity (Wildman–Crippen MR) is 75.9 cm³/mol. The molecule has 1 aliphatic rings. The molecule has 1 amide bonds. The average Bonchev–Trinajstić information content (AvgIpc) is 3.04. The average molecular weight is 293 g/mol. The van der Waals surface area contributed by atoms with Crippen LogP contribution in [-0.4, -0.2) is 45.2 Å². The zero-order chi connectivity index (χ0) is 15.1. The molecule has 0 bridgehead atoms. The number of benzene rings is 1. The Bertz CT molecular complexity index is 497. The van der Waals surface area contributed by atoms with Crippen molar-refractivity contribution in [3.8, 4) is 11.5 Å². The molecule has 114 valence electrons. The lowest BCUT2D eigenvalue weighted by atomic mass is 10.2. The zero-order valence-corrected chi connectivity index (χ0v) is 12.0. The highest BCUT2D eigenvalue weighted by Crippen LogP contribution is 2.27. The molecule has 2 rings (SSSR count). The van der Waals surface area contributed by atoms with Crippen LogP contribution in [0.3, 0.4) is 0 Å². The van der Waals surface area contributed by atoms with E-state index in [-0.39, 0.29) is 18.6 Å². The van der Waals surface area contributed by atoms with E-state index in [9.17, 15) is 9.59 Å². The number of ether oxygens (including phenoxy) is 3. The van der Waals surface area contributed by atoms with E-state index in [0.29, 0.717) is 23.6 Å². The van der Waals surface area contributed by atoms with Gasteiger partial charge in [0.2, 0.25) is 0 Å². The van der Waals surface area contributed by atoms with Crippen LogP contribution < -0.4 is 14.8 Å². The molecule has 1 atom stereocenters. The van der Waals surface area contributed by atoms with Gasteiger partial charge in [0.05, 0.1) is 13.2 Å². The molecule has 21 heavy (non-hydrogen) atoms. The number of carbonyl (C=O) groups excluding carboxylic acids is 2. The van der Waals surface area contributed by atoms with E-state index in [1.807, 2.05) is 0 Å². The molecule has 1 heterocycles. The van der Waals surface area contributed by atoms with Crippen LogP contribution in [0, 0.1) is 0 Å². The number of hydrogen-bond acceptors (Lipinski definition) is 5. The maximum atomic E-state index is 11.7. The number of amides is 1. The fourth-order valence-electron chi connectivity index (χ4n) is 2.10. The van der Waals surface area contributed by atoms with Crippen molar-refractivity contribution in [2.45, 2.75) is 18.9 Å². The molecule has 1 saturated heterocycles. The molecule has 1 unspecified atom stereocenters. The van der Waals surface area contributed by atoms with Crippen LogP contribution in [0.15, 0.2) is 18.2 Å². The fraction of sp³-hybridized carbons (Fsp3) is 0.467. The third-order valence-electron chi connectivity index (χ3n) is 3.23. The number of hydrogen-bond donors (Lipinski definition) is 1. The first kappa shape index (κ1) is 15.3. The Morgan fingerprint density at radius 3 is 3.00 bits per heavy atom. The maximum Gasteiger partial charge on any atom is 0.258 e. The van der Waals surface area contributed by atoms with Crippen molar-refractivity contribution in [3.05, 3.63) is 23.8 Å². The van der Waals surface area contributed by atoms with E-state index in [1.54, 1.807) is 18.2 Å². The lowest BCUT2D eigenvalue weighted by molar-refractivity contribution is -0.123. The highest BCUT2D eigenvalue weighted by atomic mass is 16.5. The summed E-state index contributed by atoms with van der Waals surface area (Å²) in [5, 5.41) is 2.77. The van der Waals surface area contributed by atoms with E-state index in [4.69, 9.17) is 14.2 Å². The van der Waals surface area contributed by atoms with Gasteiger partial charge in [-0.1, -0.05) is 0 Å². The summed E-state index contributed by atoms with van der Waals surface area (Å²) in [6, 6.07) is 4.78. The third kappa shape index (κ3) is 4.46. The molecule has 1 aromatic rings. The van der Waals surface area contributed by atoms with E-state index in [0.717, 1.165) is 25.7 Å². The number of nitrogens with one attached hydrogen (secondary N) is 1. The van der Waals surface area contributed by atoms with Crippen LogP contribution in [0.1, 0.15) is 23.2 Å². The quantitative estimate of drug-likeness (QED) is 0.764. The summed E-state index contributed by atoms with van der Waals surface area (Å²) in [5.41, 5.74) is 0.488. The number of aldehydes is 1. The summed E-state index contributed by atoms with van der Waals surface area (Å²) in [6.45, 7) is 1.16. The standard InChI is InChI=1S/C15H19NO5/c1-19-14-7-11(9-17)4-5-13(14)21-10-15(18)16-8-12-3-2-6-20-12/h4-5,7,9,12H,2-3,6,8,10H2,1H3,(H,16,18). The van der Waals surface area contributed by atoms with Crippen molar-refractivity contribution in [3.63, 3.8) is 0 Å². The van der Waals surface area contributed by atoms with E-state index in [2.05, 4.69) is 5.32 Å². The van der Waals surface area contributed by atoms with Crippen LogP contribution in [0.5, 0.6) is 11.5 Å². The van der Waals surface area contributed by atoms with Crippen LogP contribution in [-0.2, 0) is 9.53 Å². The van der Waals surface area contributed by atoms with Gasteiger partial charge in [-0.2, -0.15) is 0 Å². The van der Waals surface area contributed by atoms with Crippen LogP contribution >= 0.6 is 0 Å². The van der Waals surface area contributed by atoms with Crippen molar-refractivity contribution in [2.24, 2.45) is 0 Å². The molecule has 0 aliphatic carbocycles. The highest BCUT2D eigenvalue weighted by molar-refractivity contribution is 5.78. The van der Waals surface area contributed by atoms with Gasteiger partial charge in [0.1, 0.15) is 6.29 Å². The van der Waals surface area contributed by atoms with Crippen molar-refractivity contribution < 1.29 is 23.8 Å². The van der Waals surface area contributed by atoms with Gasteiger partial charge in [0.15, 0.2) is 18.1 Å². The second kappa shape index (κ2) is 7.64. The molecule has 1 aliphatic heterocycles. The molecule has 1 aromatic carbocycles. The molecular formula is C15H19NO5. The second-order valence-corrected chi connectivity index (χ2v) is 4.76. The number of carbonyl (C=O) groups is 2. The number of methoxy groups -OCH3 is 1. The first-order valence-corrected chi connectivity index (χ1v) is 6.87. The lowest BCUT2D eigenvalue weighted by Gasteiger charge is -2.13. The van der Waals surface area contributed by atoms with Gasteiger partial charge < -0.3 is 19.5 Å². The van der Waals surface area contributed by atoms with Gasteiger partial charge in [0.25, 0.3) is 5.91 Å². The van der Waals surface area contributed by atoms with Gasteiger partial charge in [-0.25, -0.2) is 0 Å². The van der Waals surface area contributed by atoms with Crippen molar-refractivity contribution in [1.82, 2.24) is 5.32 Å². The molecule has 1 fully saturated rings. The van der Waals surface area contributed by atoms with Gasteiger partial charge in [-0.3, -0.25) is 9.59 Å². The third-order valence-corrected chi connectivity index (χ3v) is 3.23. The van der Waals surface area contributed by atoms with E-state index in [1.165, 1.54) is 7.11 Å². The van der Waals surface area contributed by atoms with Gasteiger partial charge >= 0.3 is 0 Å². The van der Waals surface area contributed by atoms with Gasteiger partial charge in [-0.15, -0.1) is 0 Å². The molecule has 0 radical (unpaired) electrons. The largest absolute Gasteiger partial charge is 0.493 e. The fourth-order valence-corrected chi connectivity index (χ4v) is 2.10. The Balaban J connectivity index is 1.81. The normalized spacial score (nSPS) is 17.3. The molecule has 0 saturated carbocycles. The minimum absolute atomic E-state index is 0.107. The maximum absolute atomic E-state index is 11.7. The van der Waals surface area contributed by atoms with E-state index < -0.39 is 0 Å². The molecule has 6 nitrogen and oxygen atoms in total. The summed E-state index contributed by atoms with van der Waals surface area (Å²) >= 11 is 0. The minimum Gasteiger partial charge on any atom is -0.493 e. The Kier molecular flexibility index (Phi) is 5.57. The Morgan fingerprint density at radius 2 is 2.33 bits per heavy atom. The Morgan fingerprint density at radius 1 is 1.48 bits per heavy atom. The summed E-state index contributed by atoms with van der Waals surface area (Å²) in [5.74, 6) is 0.633. The smallest absolute Gasteiger partial charge is 0.258 e. The summed E-state index contributed by atoms with van der Waals surface area (Å²) in [6.07, 6.45) is 2.84. The SMILES string of the molecule is COc1cc(C=O)ccc1OCC(=O)NCC1CCCO1. The summed E-state index contributed by atoms with van der Waals surface area (Å²) in [7, 11) is 1.48.